The monoisotopic (exact) mass is 394 g/mol. The van der Waals surface area contributed by atoms with Crippen LogP contribution in [0.2, 0.25) is 0 Å². The number of likely N-dealkylation sites (tertiary alicyclic amines) is 1. The molecule has 0 bridgehead atoms. The molecule has 2 unspecified atom stereocenters. The molecule has 2 aromatic carbocycles. The van der Waals surface area contributed by atoms with Crippen LogP contribution < -0.4 is 5.32 Å². The SMILES string of the molecule is COCC(=O)N1CC(C(=O)NCc2cccc(C)c2)CCC1c1cccc(C)c1. The van der Waals surface area contributed by atoms with E-state index < -0.39 is 0 Å². The molecule has 0 radical (unpaired) electrons. The smallest absolute Gasteiger partial charge is 0.249 e. The summed E-state index contributed by atoms with van der Waals surface area (Å²) in [6.45, 7) is 5.04. The van der Waals surface area contributed by atoms with Gasteiger partial charge < -0.3 is 15.0 Å². The van der Waals surface area contributed by atoms with Gasteiger partial charge in [-0.05, 0) is 37.8 Å². The predicted octanol–water partition coefficient (Wildman–Crippen LogP) is 3.55. The van der Waals surface area contributed by atoms with Crippen molar-refractivity contribution < 1.29 is 14.3 Å². The summed E-state index contributed by atoms with van der Waals surface area (Å²) in [4.78, 5) is 27.3. The molecule has 0 aromatic heterocycles. The first-order valence-corrected chi connectivity index (χ1v) is 10.2. The Morgan fingerprint density at radius 1 is 1.07 bits per heavy atom. The van der Waals surface area contributed by atoms with Gasteiger partial charge in [0.05, 0.1) is 12.0 Å². The van der Waals surface area contributed by atoms with Crippen molar-refractivity contribution in [3.05, 3.63) is 70.8 Å². The molecule has 1 heterocycles. The van der Waals surface area contributed by atoms with Crippen molar-refractivity contribution in [1.29, 1.82) is 0 Å². The molecule has 0 spiro atoms. The van der Waals surface area contributed by atoms with Crippen LogP contribution >= 0.6 is 0 Å². The highest BCUT2D eigenvalue weighted by Gasteiger charge is 2.35. The highest BCUT2D eigenvalue weighted by atomic mass is 16.5. The van der Waals surface area contributed by atoms with Crippen molar-refractivity contribution in [1.82, 2.24) is 10.2 Å². The van der Waals surface area contributed by atoms with E-state index in [-0.39, 0.29) is 30.4 Å². The van der Waals surface area contributed by atoms with E-state index in [0.29, 0.717) is 13.1 Å². The Morgan fingerprint density at radius 3 is 2.48 bits per heavy atom. The van der Waals surface area contributed by atoms with Crippen LogP contribution in [0.15, 0.2) is 48.5 Å². The fourth-order valence-corrected chi connectivity index (χ4v) is 4.05. The summed E-state index contributed by atoms with van der Waals surface area (Å²) < 4.78 is 5.09. The van der Waals surface area contributed by atoms with Gasteiger partial charge in [-0.15, -0.1) is 0 Å². The van der Waals surface area contributed by atoms with Crippen LogP contribution in [0, 0.1) is 19.8 Å². The van der Waals surface area contributed by atoms with E-state index >= 15 is 0 Å². The van der Waals surface area contributed by atoms with Crippen molar-refractivity contribution in [3.63, 3.8) is 0 Å². The topological polar surface area (TPSA) is 58.6 Å². The quantitative estimate of drug-likeness (QED) is 0.815. The minimum Gasteiger partial charge on any atom is -0.375 e. The van der Waals surface area contributed by atoms with Gasteiger partial charge in [0.15, 0.2) is 0 Å². The summed E-state index contributed by atoms with van der Waals surface area (Å²) in [7, 11) is 1.52. The number of methoxy groups -OCH3 is 1. The largest absolute Gasteiger partial charge is 0.375 e. The zero-order valence-corrected chi connectivity index (χ0v) is 17.5. The van der Waals surface area contributed by atoms with Gasteiger partial charge in [0, 0.05) is 20.2 Å². The number of rotatable bonds is 6. The zero-order chi connectivity index (χ0) is 20.8. The maximum atomic E-state index is 12.8. The van der Waals surface area contributed by atoms with Gasteiger partial charge >= 0.3 is 0 Å². The molecular formula is C24H30N2O3. The van der Waals surface area contributed by atoms with Crippen LogP contribution in [0.4, 0.5) is 0 Å². The molecule has 1 aliphatic heterocycles. The number of hydrogen-bond acceptors (Lipinski definition) is 3. The predicted molar refractivity (Wildman–Crippen MR) is 113 cm³/mol. The average molecular weight is 395 g/mol. The summed E-state index contributed by atoms with van der Waals surface area (Å²) in [5.74, 6) is -0.277. The van der Waals surface area contributed by atoms with Crippen LogP contribution in [0.25, 0.3) is 0 Å². The number of nitrogens with zero attached hydrogens (tertiary/aromatic N) is 1. The van der Waals surface area contributed by atoms with E-state index in [1.807, 2.05) is 36.1 Å². The van der Waals surface area contributed by atoms with Gasteiger partial charge in [-0.2, -0.15) is 0 Å². The molecule has 154 valence electrons. The van der Waals surface area contributed by atoms with Crippen molar-refractivity contribution in [2.45, 2.75) is 39.3 Å². The lowest BCUT2D eigenvalue weighted by atomic mass is 9.88. The first kappa shape index (κ1) is 21.1. The van der Waals surface area contributed by atoms with Crippen LogP contribution in [-0.2, 0) is 20.9 Å². The van der Waals surface area contributed by atoms with Crippen LogP contribution in [0.1, 0.15) is 41.1 Å². The molecule has 2 aromatic rings. The molecule has 5 nitrogen and oxygen atoms in total. The molecule has 0 aliphatic carbocycles. The highest BCUT2D eigenvalue weighted by Crippen LogP contribution is 2.34. The fraction of sp³-hybridized carbons (Fsp3) is 0.417. The number of ether oxygens (including phenoxy) is 1. The Hall–Kier alpha value is -2.66. The van der Waals surface area contributed by atoms with Gasteiger partial charge in [0.1, 0.15) is 6.61 Å². The second-order valence-corrected chi connectivity index (χ2v) is 7.89. The molecule has 1 fully saturated rings. The zero-order valence-electron chi connectivity index (χ0n) is 17.5. The number of carbonyl (C=O) groups excluding carboxylic acids is 2. The third-order valence-corrected chi connectivity index (χ3v) is 5.52. The number of benzene rings is 2. The normalized spacial score (nSPS) is 19.1. The van der Waals surface area contributed by atoms with Gasteiger partial charge in [-0.3, -0.25) is 9.59 Å². The third-order valence-electron chi connectivity index (χ3n) is 5.52. The average Bonchev–Trinajstić information content (AvgIpc) is 2.72. The van der Waals surface area contributed by atoms with Gasteiger partial charge in [0.25, 0.3) is 0 Å². The van der Waals surface area contributed by atoms with Crippen molar-refractivity contribution >= 4 is 11.8 Å². The van der Waals surface area contributed by atoms with Gasteiger partial charge in [-0.25, -0.2) is 0 Å². The molecule has 2 atom stereocenters. The molecule has 3 rings (SSSR count). The standard InChI is InChI=1S/C24H30N2O3/c1-17-6-4-8-19(12-17)14-25-24(28)21-10-11-22(20-9-5-7-18(2)13-20)26(15-21)23(27)16-29-3/h4-9,12-13,21-22H,10-11,14-16H2,1-3H3,(H,25,28). The fourth-order valence-electron chi connectivity index (χ4n) is 4.05. The first-order chi connectivity index (χ1) is 14.0. The van der Waals surface area contributed by atoms with E-state index in [2.05, 4.69) is 36.5 Å². The second-order valence-electron chi connectivity index (χ2n) is 7.89. The van der Waals surface area contributed by atoms with Gasteiger partial charge in [-0.1, -0.05) is 59.7 Å². The van der Waals surface area contributed by atoms with Crippen molar-refractivity contribution in [3.8, 4) is 0 Å². The third kappa shape index (κ3) is 5.45. The number of nitrogens with one attached hydrogen (secondary N) is 1. The van der Waals surface area contributed by atoms with Crippen LogP contribution in [0.3, 0.4) is 0 Å². The Labute approximate surface area is 173 Å². The van der Waals surface area contributed by atoms with Crippen molar-refractivity contribution in [2.75, 3.05) is 20.3 Å². The number of hydrogen-bond donors (Lipinski definition) is 1. The maximum Gasteiger partial charge on any atom is 0.249 e. The molecule has 0 saturated carbocycles. The lowest BCUT2D eigenvalue weighted by Crippen LogP contribution is -2.47. The van der Waals surface area contributed by atoms with Crippen LogP contribution in [0.5, 0.6) is 0 Å². The Kier molecular flexibility index (Phi) is 7.04. The number of aryl methyl sites for hydroxylation is 2. The maximum absolute atomic E-state index is 12.8. The molecular weight excluding hydrogens is 364 g/mol. The minimum absolute atomic E-state index is 0.00409. The molecule has 5 heteroatoms. The van der Waals surface area contributed by atoms with E-state index in [4.69, 9.17) is 4.74 Å². The van der Waals surface area contributed by atoms with E-state index in [9.17, 15) is 9.59 Å². The highest BCUT2D eigenvalue weighted by molar-refractivity contribution is 5.82. The van der Waals surface area contributed by atoms with E-state index in [1.165, 1.54) is 18.2 Å². The summed E-state index contributed by atoms with van der Waals surface area (Å²) >= 11 is 0. The summed E-state index contributed by atoms with van der Waals surface area (Å²) in [5.41, 5.74) is 4.54. The number of carbonyl (C=O) groups is 2. The van der Waals surface area contributed by atoms with E-state index in [0.717, 1.165) is 24.0 Å². The van der Waals surface area contributed by atoms with E-state index in [1.54, 1.807) is 0 Å². The number of amides is 2. The Bertz CT molecular complexity index is 865. The molecule has 1 saturated heterocycles. The summed E-state index contributed by atoms with van der Waals surface area (Å²) in [6.07, 6.45) is 1.52. The minimum atomic E-state index is -0.207. The summed E-state index contributed by atoms with van der Waals surface area (Å²) in [6, 6.07) is 16.3. The molecule has 1 N–H and O–H groups in total. The lowest BCUT2D eigenvalue weighted by Gasteiger charge is -2.39. The van der Waals surface area contributed by atoms with Crippen molar-refractivity contribution in [2.24, 2.45) is 5.92 Å². The Balaban J connectivity index is 1.69. The second kappa shape index (κ2) is 9.70. The van der Waals surface area contributed by atoms with Gasteiger partial charge in [0.2, 0.25) is 11.8 Å². The van der Waals surface area contributed by atoms with Crippen LogP contribution in [-0.4, -0.2) is 37.0 Å². The lowest BCUT2D eigenvalue weighted by molar-refractivity contribution is -0.142. The summed E-state index contributed by atoms with van der Waals surface area (Å²) in [5, 5.41) is 3.04. The molecule has 29 heavy (non-hydrogen) atoms. The number of piperidine rings is 1. The molecule has 2 amide bonds. The first-order valence-electron chi connectivity index (χ1n) is 10.2. The Morgan fingerprint density at radius 2 is 1.79 bits per heavy atom. The molecule has 1 aliphatic rings.